The molecular weight excluding hydrogens is 281 g/mol. The second-order valence-corrected chi connectivity index (χ2v) is 5.85. The zero-order valence-electron chi connectivity index (χ0n) is 11.5. The Morgan fingerprint density at radius 3 is 2.33 bits per heavy atom. The average molecular weight is 298 g/mol. The molecule has 0 bridgehead atoms. The predicted molar refractivity (Wildman–Crippen MR) is 71.8 cm³/mol. The molecule has 1 fully saturated rings. The Hall–Kier alpha value is -1.56. The van der Waals surface area contributed by atoms with Crippen molar-refractivity contribution >= 4 is 5.91 Å². The Morgan fingerprint density at radius 1 is 1.24 bits per heavy atom. The lowest BCUT2D eigenvalue weighted by atomic mass is 9.85. The number of benzene rings is 1. The third-order valence-corrected chi connectivity index (χ3v) is 4.52. The number of hydrogen-bond donors (Lipinski definition) is 2. The Balaban J connectivity index is 1.72. The highest BCUT2D eigenvalue weighted by atomic mass is 19.4. The van der Waals surface area contributed by atoms with Crippen molar-refractivity contribution < 1.29 is 18.0 Å². The first kappa shape index (κ1) is 14.4. The molecule has 114 valence electrons. The molecule has 1 atom stereocenters. The van der Waals surface area contributed by atoms with E-state index in [1.807, 2.05) is 24.3 Å². The first-order valence-corrected chi connectivity index (χ1v) is 7.07. The maximum Gasteiger partial charge on any atom is 0.404 e. The highest BCUT2D eigenvalue weighted by Gasteiger charge is 2.61. The molecule has 1 amide bonds. The fourth-order valence-corrected chi connectivity index (χ4v) is 3.24. The lowest BCUT2D eigenvalue weighted by Gasteiger charge is -2.30. The molecule has 6 heteroatoms. The van der Waals surface area contributed by atoms with Crippen LogP contribution in [-0.4, -0.2) is 31.2 Å². The van der Waals surface area contributed by atoms with E-state index in [0.717, 1.165) is 11.1 Å². The molecule has 1 aromatic carbocycles. The molecule has 2 N–H and O–H groups in total. The van der Waals surface area contributed by atoms with Gasteiger partial charge in [0.1, 0.15) is 0 Å². The summed E-state index contributed by atoms with van der Waals surface area (Å²) in [5.41, 5.74) is -0.0660. The van der Waals surface area contributed by atoms with Crippen molar-refractivity contribution in [1.82, 2.24) is 10.6 Å². The van der Waals surface area contributed by atoms with E-state index in [1.165, 1.54) is 0 Å². The summed E-state index contributed by atoms with van der Waals surface area (Å²) in [7, 11) is 0. The SMILES string of the molecule is O=C(NC1Cc2ccccc2C1)C1(C(F)(F)F)CCNC1. The maximum absolute atomic E-state index is 13.3. The molecule has 1 aliphatic carbocycles. The van der Waals surface area contributed by atoms with Crippen molar-refractivity contribution in [3.05, 3.63) is 35.4 Å². The summed E-state index contributed by atoms with van der Waals surface area (Å²) in [5, 5.41) is 5.28. The highest BCUT2D eigenvalue weighted by Crippen LogP contribution is 2.43. The van der Waals surface area contributed by atoms with Gasteiger partial charge in [0, 0.05) is 12.6 Å². The lowest BCUT2D eigenvalue weighted by Crippen LogP contribution is -2.54. The van der Waals surface area contributed by atoms with E-state index >= 15 is 0 Å². The van der Waals surface area contributed by atoms with Crippen LogP contribution in [0.3, 0.4) is 0 Å². The van der Waals surface area contributed by atoms with Crippen molar-refractivity contribution in [1.29, 1.82) is 0 Å². The Morgan fingerprint density at radius 2 is 1.86 bits per heavy atom. The molecule has 0 aromatic heterocycles. The van der Waals surface area contributed by atoms with Crippen LogP contribution in [0.4, 0.5) is 13.2 Å². The minimum absolute atomic E-state index is 0.192. The van der Waals surface area contributed by atoms with Crippen LogP contribution in [0.1, 0.15) is 17.5 Å². The summed E-state index contributed by atoms with van der Waals surface area (Å²) in [6, 6.07) is 7.48. The third kappa shape index (κ3) is 2.41. The smallest absolute Gasteiger partial charge is 0.352 e. The molecule has 1 heterocycles. The molecule has 2 aliphatic rings. The van der Waals surface area contributed by atoms with Gasteiger partial charge >= 0.3 is 6.18 Å². The van der Waals surface area contributed by atoms with Gasteiger partial charge in [-0.25, -0.2) is 0 Å². The van der Waals surface area contributed by atoms with Crippen molar-refractivity contribution in [2.24, 2.45) is 5.41 Å². The normalized spacial score (nSPS) is 25.9. The standard InChI is InChI=1S/C15H17F3N2O/c16-15(17,18)14(5-6-19-9-14)13(21)20-12-7-10-3-1-2-4-11(10)8-12/h1-4,12,19H,5-9H2,(H,20,21). The van der Waals surface area contributed by atoms with Gasteiger partial charge in [0.15, 0.2) is 5.41 Å². The minimum Gasteiger partial charge on any atom is -0.352 e. The second-order valence-electron chi connectivity index (χ2n) is 5.85. The maximum atomic E-state index is 13.3. The molecule has 3 nitrogen and oxygen atoms in total. The van der Waals surface area contributed by atoms with E-state index in [4.69, 9.17) is 0 Å². The van der Waals surface area contributed by atoms with Crippen LogP contribution in [0.5, 0.6) is 0 Å². The number of fused-ring (bicyclic) bond motifs is 1. The van der Waals surface area contributed by atoms with Gasteiger partial charge in [0.2, 0.25) is 5.91 Å². The zero-order valence-corrected chi connectivity index (χ0v) is 11.5. The van der Waals surface area contributed by atoms with Gasteiger partial charge in [-0.3, -0.25) is 4.79 Å². The van der Waals surface area contributed by atoms with E-state index < -0.39 is 17.5 Å². The van der Waals surface area contributed by atoms with Crippen LogP contribution in [0.25, 0.3) is 0 Å². The first-order valence-electron chi connectivity index (χ1n) is 7.07. The Labute approximate surface area is 120 Å². The second kappa shape index (κ2) is 5.02. The summed E-state index contributed by atoms with van der Waals surface area (Å²) in [5.74, 6) is -0.891. The van der Waals surface area contributed by atoms with E-state index in [-0.39, 0.29) is 25.6 Å². The van der Waals surface area contributed by atoms with E-state index in [2.05, 4.69) is 10.6 Å². The van der Waals surface area contributed by atoms with Crippen LogP contribution < -0.4 is 10.6 Å². The van der Waals surface area contributed by atoms with Crippen LogP contribution in [-0.2, 0) is 17.6 Å². The van der Waals surface area contributed by atoms with Gasteiger partial charge in [-0.15, -0.1) is 0 Å². The fourth-order valence-electron chi connectivity index (χ4n) is 3.24. The number of amides is 1. The molecule has 0 spiro atoms. The summed E-state index contributed by atoms with van der Waals surface area (Å²) >= 11 is 0. The molecule has 21 heavy (non-hydrogen) atoms. The number of rotatable bonds is 2. The number of alkyl halides is 3. The van der Waals surface area contributed by atoms with Gasteiger partial charge in [0.25, 0.3) is 0 Å². The fraction of sp³-hybridized carbons (Fsp3) is 0.533. The number of carbonyl (C=O) groups excluding carboxylic acids is 1. The summed E-state index contributed by atoms with van der Waals surface area (Å²) < 4.78 is 39.9. The summed E-state index contributed by atoms with van der Waals surface area (Å²) in [6.45, 7) is -0.111. The van der Waals surface area contributed by atoms with Gasteiger partial charge in [-0.05, 0) is 36.9 Å². The molecule has 1 aliphatic heterocycles. The van der Waals surface area contributed by atoms with Crippen molar-refractivity contribution in [2.45, 2.75) is 31.5 Å². The van der Waals surface area contributed by atoms with E-state index in [1.54, 1.807) is 0 Å². The van der Waals surface area contributed by atoms with E-state index in [0.29, 0.717) is 12.8 Å². The molecule has 3 rings (SSSR count). The van der Waals surface area contributed by atoms with Gasteiger partial charge in [-0.2, -0.15) is 13.2 Å². The van der Waals surface area contributed by atoms with Crippen molar-refractivity contribution in [3.63, 3.8) is 0 Å². The number of carbonyl (C=O) groups is 1. The number of halogens is 3. The first-order chi connectivity index (χ1) is 9.92. The highest BCUT2D eigenvalue weighted by molar-refractivity contribution is 5.84. The van der Waals surface area contributed by atoms with Crippen LogP contribution in [0.15, 0.2) is 24.3 Å². The number of nitrogens with one attached hydrogen (secondary N) is 2. The molecule has 0 saturated carbocycles. The monoisotopic (exact) mass is 298 g/mol. The van der Waals surface area contributed by atoms with Crippen molar-refractivity contribution in [2.75, 3.05) is 13.1 Å². The molecule has 1 aromatic rings. The van der Waals surface area contributed by atoms with Gasteiger partial charge < -0.3 is 10.6 Å². The predicted octanol–water partition coefficient (Wildman–Crippen LogP) is 1.81. The van der Waals surface area contributed by atoms with E-state index in [9.17, 15) is 18.0 Å². The number of hydrogen-bond acceptors (Lipinski definition) is 2. The van der Waals surface area contributed by atoms with Gasteiger partial charge in [0.05, 0.1) is 0 Å². The quantitative estimate of drug-likeness (QED) is 0.874. The molecular formula is C15H17F3N2O. The summed E-state index contributed by atoms with van der Waals surface area (Å²) in [4.78, 5) is 12.2. The molecule has 1 saturated heterocycles. The summed E-state index contributed by atoms with van der Waals surface area (Å²) in [6.07, 6.45) is -3.51. The lowest BCUT2D eigenvalue weighted by molar-refractivity contribution is -0.216. The molecule has 0 radical (unpaired) electrons. The molecule has 1 unspecified atom stereocenters. The largest absolute Gasteiger partial charge is 0.404 e. The van der Waals surface area contributed by atoms with Crippen LogP contribution in [0, 0.1) is 5.41 Å². The third-order valence-electron chi connectivity index (χ3n) is 4.52. The average Bonchev–Trinajstić information content (AvgIpc) is 3.04. The Bertz CT molecular complexity index is 525. The minimum atomic E-state index is -4.52. The van der Waals surface area contributed by atoms with Gasteiger partial charge in [-0.1, -0.05) is 24.3 Å². The topological polar surface area (TPSA) is 41.1 Å². The van der Waals surface area contributed by atoms with Crippen LogP contribution in [0.2, 0.25) is 0 Å². The Kier molecular flexibility index (Phi) is 3.43. The zero-order chi connectivity index (χ0) is 15.1. The van der Waals surface area contributed by atoms with Crippen molar-refractivity contribution in [3.8, 4) is 0 Å². The van der Waals surface area contributed by atoms with Crippen LogP contribution >= 0.6 is 0 Å².